The maximum Gasteiger partial charge on any atom is 0.333 e. The van der Waals surface area contributed by atoms with Gasteiger partial charge in [0.05, 0.1) is 12.2 Å². The minimum Gasteiger partial charge on any atom is -0.478 e. The van der Waals surface area contributed by atoms with Crippen LogP contribution >= 0.6 is 0 Å². The molecule has 0 atom stereocenters. The number of ether oxygens (including phenoxy) is 1. The minimum absolute atomic E-state index is 0.0205. The molecule has 15 heavy (non-hydrogen) atoms. The second-order valence-electron chi connectivity index (χ2n) is 2.96. The molecule has 1 rings (SSSR count). The zero-order valence-corrected chi connectivity index (χ0v) is 8.24. The van der Waals surface area contributed by atoms with E-state index in [-0.39, 0.29) is 18.0 Å². The zero-order valence-electron chi connectivity index (χ0n) is 8.24. The summed E-state index contributed by atoms with van der Waals surface area (Å²) in [6.07, 6.45) is 1.45. The molecule has 0 radical (unpaired) electrons. The van der Waals surface area contributed by atoms with E-state index in [0.29, 0.717) is 5.56 Å². The second kappa shape index (κ2) is 5.26. The number of methoxy groups -OCH3 is 1. The van der Waals surface area contributed by atoms with Crippen LogP contribution in [0.2, 0.25) is 0 Å². The van der Waals surface area contributed by atoms with Crippen molar-refractivity contribution < 1.29 is 19.0 Å². The van der Waals surface area contributed by atoms with Gasteiger partial charge in [-0.3, -0.25) is 0 Å². The molecule has 0 saturated heterocycles. The van der Waals surface area contributed by atoms with Gasteiger partial charge in [-0.2, -0.15) is 0 Å². The Bertz CT molecular complexity index is 368. The van der Waals surface area contributed by atoms with Crippen molar-refractivity contribution in [2.45, 2.75) is 0 Å². The van der Waals surface area contributed by atoms with E-state index in [1.807, 2.05) is 0 Å². The second-order valence-corrected chi connectivity index (χ2v) is 2.96. The van der Waals surface area contributed by atoms with E-state index in [4.69, 9.17) is 9.84 Å². The number of rotatable bonds is 4. The van der Waals surface area contributed by atoms with E-state index in [2.05, 4.69) is 0 Å². The fourth-order valence-electron chi connectivity index (χ4n) is 1.08. The molecule has 1 aromatic carbocycles. The quantitative estimate of drug-likeness (QED) is 0.772. The number of carbonyl (C=O) groups is 1. The standard InChI is InChI=1S/C11H11FO3/c1-15-7-9(11(13)14)6-8-2-4-10(12)5-3-8/h2-6H,7H2,1H3,(H,13,14)/b9-6+. The predicted molar refractivity (Wildman–Crippen MR) is 53.9 cm³/mol. The first-order valence-corrected chi connectivity index (χ1v) is 4.32. The third kappa shape index (κ3) is 3.52. The Morgan fingerprint density at radius 1 is 1.47 bits per heavy atom. The van der Waals surface area contributed by atoms with E-state index in [9.17, 15) is 9.18 Å². The number of halogens is 1. The van der Waals surface area contributed by atoms with E-state index in [0.717, 1.165) is 0 Å². The van der Waals surface area contributed by atoms with Crippen LogP contribution in [-0.2, 0) is 9.53 Å². The summed E-state index contributed by atoms with van der Waals surface area (Å²) in [6, 6.07) is 5.57. The normalized spacial score (nSPS) is 11.5. The Hall–Kier alpha value is -1.68. The number of benzene rings is 1. The van der Waals surface area contributed by atoms with Crippen molar-refractivity contribution in [2.75, 3.05) is 13.7 Å². The predicted octanol–water partition coefficient (Wildman–Crippen LogP) is 1.94. The molecule has 0 aliphatic rings. The van der Waals surface area contributed by atoms with Gasteiger partial charge in [-0.05, 0) is 23.8 Å². The highest BCUT2D eigenvalue weighted by Crippen LogP contribution is 2.08. The lowest BCUT2D eigenvalue weighted by Gasteiger charge is -2.00. The van der Waals surface area contributed by atoms with Crippen LogP contribution in [-0.4, -0.2) is 24.8 Å². The Morgan fingerprint density at radius 2 is 2.07 bits per heavy atom. The number of carboxylic acids is 1. The first kappa shape index (κ1) is 11.4. The summed E-state index contributed by atoms with van der Waals surface area (Å²) in [6.45, 7) is 0.0205. The highest BCUT2D eigenvalue weighted by atomic mass is 19.1. The summed E-state index contributed by atoms with van der Waals surface area (Å²) < 4.78 is 17.3. The Kier molecular flexibility index (Phi) is 4.00. The highest BCUT2D eigenvalue weighted by molar-refractivity contribution is 5.92. The molecule has 3 nitrogen and oxygen atoms in total. The minimum atomic E-state index is -1.04. The van der Waals surface area contributed by atoms with Crippen LogP contribution in [0.3, 0.4) is 0 Å². The van der Waals surface area contributed by atoms with Gasteiger partial charge in [0.15, 0.2) is 0 Å². The first-order chi connectivity index (χ1) is 7.13. The molecule has 0 heterocycles. The van der Waals surface area contributed by atoms with Gasteiger partial charge in [0.1, 0.15) is 5.82 Å². The molecule has 1 N–H and O–H groups in total. The Labute approximate surface area is 86.8 Å². The summed E-state index contributed by atoms with van der Waals surface area (Å²) >= 11 is 0. The maximum atomic E-state index is 12.6. The average Bonchev–Trinajstić information content (AvgIpc) is 2.20. The fraction of sp³-hybridized carbons (Fsp3) is 0.182. The van der Waals surface area contributed by atoms with Crippen molar-refractivity contribution in [2.24, 2.45) is 0 Å². The van der Waals surface area contributed by atoms with Crippen LogP contribution in [0, 0.1) is 5.82 Å². The third-order valence-corrected chi connectivity index (χ3v) is 1.79. The number of hydrogen-bond donors (Lipinski definition) is 1. The molecule has 0 unspecified atom stereocenters. The topological polar surface area (TPSA) is 46.5 Å². The summed E-state index contributed by atoms with van der Waals surface area (Å²) in [5, 5.41) is 8.80. The number of aliphatic carboxylic acids is 1. The van der Waals surface area contributed by atoms with Crippen LogP contribution in [0.5, 0.6) is 0 Å². The van der Waals surface area contributed by atoms with Crippen LogP contribution in [0.25, 0.3) is 6.08 Å². The van der Waals surface area contributed by atoms with Crippen molar-refractivity contribution in [3.05, 3.63) is 41.2 Å². The van der Waals surface area contributed by atoms with Crippen molar-refractivity contribution >= 4 is 12.0 Å². The first-order valence-electron chi connectivity index (χ1n) is 4.32. The molecule has 0 aromatic heterocycles. The molecule has 1 aromatic rings. The van der Waals surface area contributed by atoms with E-state index < -0.39 is 5.97 Å². The largest absolute Gasteiger partial charge is 0.478 e. The molecular weight excluding hydrogens is 199 g/mol. The van der Waals surface area contributed by atoms with Crippen LogP contribution < -0.4 is 0 Å². The fourth-order valence-corrected chi connectivity index (χ4v) is 1.08. The maximum absolute atomic E-state index is 12.6. The van der Waals surface area contributed by atoms with Gasteiger partial charge in [0.25, 0.3) is 0 Å². The molecule has 0 bridgehead atoms. The van der Waals surface area contributed by atoms with E-state index in [1.54, 1.807) is 0 Å². The van der Waals surface area contributed by atoms with Crippen LogP contribution in [0.1, 0.15) is 5.56 Å². The van der Waals surface area contributed by atoms with Gasteiger partial charge in [-0.25, -0.2) is 9.18 Å². The molecule has 80 valence electrons. The van der Waals surface area contributed by atoms with Gasteiger partial charge in [0, 0.05) is 7.11 Å². The molecule has 0 aliphatic heterocycles. The molecule has 0 fully saturated rings. The molecule has 0 aliphatic carbocycles. The smallest absolute Gasteiger partial charge is 0.333 e. The summed E-state index contributed by atoms with van der Waals surface area (Å²) in [4.78, 5) is 10.7. The van der Waals surface area contributed by atoms with Gasteiger partial charge >= 0.3 is 5.97 Å². The zero-order chi connectivity index (χ0) is 11.3. The summed E-state index contributed by atoms with van der Waals surface area (Å²) in [5.74, 6) is -1.39. The van der Waals surface area contributed by atoms with E-state index in [1.165, 1.54) is 37.5 Å². The van der Waals surface area contributed by atoms with Crippen LogP contribution in [0.4, 0.5) is 4.39 Å². The summed E-state index contributed by atoms with van der Waals surface area (Å²) in [7, 11) is 1.42. The molecule has 0 saturated carbocycles. The van der Waals surface area contributed by atoms with Crippen molar-refractivity contribution in [3.63, 3.8) is 0 Å². The monoisotopic (exact) mass is 210 g/mol. The SMILES string of the molecule is COC/C(=C\c1ccc(F)cc1)C(=O)O. The summed E-state index contributed by atoms with van der Waals surface area (Å²) in [5.41, 5.74) is 0.759. The highest BCUT2D eigenvalue weighted by Gasteiger charge is 2.06. The number of hydrogen-bond acceptors (Lipinski definition) is 2. The lowest BCUT2D eigenvalue weighted by Crippen LogP contribution is -2.06. The molecule has 0 amide bonds. The Morgan fingerprint density at radius 3 is 2.53 bits per heavy atom. The average molecular weight is 210 g/mol. The van der Waals surface area contributed by atoms with Crippen LogP contribution in [0.15, 0.2) is 29.8 Å². The van der Waals surface area contributed by atoms with Crippen molar-refractivity contribution in [3.8, 4) is 0 Å². The lowest BCUT2D eigenvalue weighted by molar-refractivity contribution is -0.133. The molecule has 0 spiro atoms. The van der Waals surface area contributed by atoms with Gasteiger partial charge in [0.2, 0.25) is 0 Å². The number of carboxylic acid groups (broad SMARTS) is 1. The van der Waals surface area contributed by atoms with Gasteiger partial charge in [-0.1, -0.05) is 12.1 Å². The molecular formula is C11H11FO3. The Balaban J connectivity index is 2.91. The van der Waals surface area contributed by atoms with E-state index >= 15 is 0 Å². The van der Waals surface area contributed by atoms with Gasteiger partial charge in [-0.15, -0.1) is 0 Å². The van der Waals surface area contributed by atoms with Crippen molar-refractivity contribution in [1.82, 2.24) is 0 Å². The lowest BCUT2D eigenvalue weighted by atomic mass is 10.1. The van der Waals surface area contributed by atoms with Gasteiger partial charge < -0.3 is 9.84 Å². The van der Waals surface area contributed by atoms with Crippen molar-refractivity contribution in [1.29, 1.82) is 0 Å². The third-order valence-electron chi connectivity index (χ3n) is 1.79. The molecule has 4 heteroatoms.